The molecule has 2 fully saturated rings. The largest absolute Gasteiger partial charge is 0.461 e. The minimum atomic E-state index is -0.953. The van der Waals surface area contributed by atoms with Gasteiger partial charge in [0.2, 0.25) is 5.91 Å². The molecule has 1 aliphatic heterocycles. The van der Waals surface area contributed by atoms with E-state index < -0.39 is 5.54 Å². The molecule has 0 radical (unpaired) electrons. The van der Waals surface area contributed by atoms with Crippen LogP contribution in [0.1, 0.15) is 30.9 Å². The highest BCUT2D eigenvalue weighted by Crippen LogP contribution is 2.48. The van der Waals surface area contributed by atoms with E-state index in [1.165, 1.54) is 6.08 Å². The summed E-state index contributed by atoms with van der Waals surface area (Å²) < 4.78 is 5.52. The highest BCUT2D eigenvalue weighted by molar-refractivity contribution is 5.95. The molecule has 0 bridgehead atoms. The second-order valence-electron chi connectivity index (χ2n) is 6.10. The molecule has 4 nitrogen and oxygen atoms in total. The van der Waals surface area contributed by atoms with Crippen LogP contribution >= 0.6 is 0 Å². The van der Waals surface area contributed by atoms with Crippen LogP contribution in [0.4, 0.5) is 0 Å². The summed E-state index contributed by atoms with van der Waals surface area (Å²) >= 11 is 0. The Morgan fingerprint density at radius 2 is 2.04 bits per heavy atom. The van der Waals surface area contributed by atoms with Gasteiger partial charge < -0.3 is 9.64 Å². The fourth-order valence-corrected chi connectivity index (χ4v) is 3.98. The lowest BCUT2D eigenvalue weighted by Gasteiger charge is -2.49. The summed E-state index contributed by atoms with van der Waals surface area (Å²) in [6.07, 6.45) is 5.38. The first kappa shape index (κ1) is 15.5. The predicted octanol–water partition coefficient (Wildman–Crippen LogP) is 3.02. The molecule has 2 aliphatic rings. The molecule has 3 rings (SSSR count). The van der Waals surface area contributed by atoms with Crippen molar-refractivity contribution < 1.29 is 14.3 Å². The Bertz CT molecular complexity index is 639. The molecule has 0 aromatic heterocycles. The standard InChI is InChI=1S/C19H21NO3/c1-3-15-11-8-12-19(15)18(22)23-13-16(20(19)17(21)4-2)14-9-6-5-7-10-14/h3-7,9-10,15-16H,1-2,8,11-13H2/t15-,16+,19-/m1/s1. The predicted molar refractivity (Wildman–Crippen MR) is 87.5 cm³/mol. The van der Waals surface area contributed by atoms with Gasteiger partial charge >= 0.3 is 5.97 Å². The number of morpholine rings is 1. The quantitative estimate of drug-likeness (QED) is 0.490. The van der Waals surface area contributed by atoms with Crippen molar-refractivity contribution >= 4 is 11.9 Å². The normalized spacial score (nSPS) is 30.1. The number of carbonyl (C=O) groups excluding carboxylic acids is 2. The van der Waals surface area contributed by atoms with Gasteiger partial charge in [-0.15, -0.1) is 6.58 Å². The maximum Gasteiger partial charge on any atom is 0.332 e. The van der Waals surface area contributed by atoms with E-state index in [-0.39, 0.29) is 30.4 Å². The van der Waals surface area contributed by atoms with E-state index in [0.717, 1.165) is 18.4 Å². The second-order valence-corrected chi connectivity index (χ2v) is 6.10. The summed E-state index contributed by atoms with van der Waals surface area (Å²) in [6.45, 7) is 7.67. The smallest absolute Gasteiger partial charge is 0.332 e. The van der Waals surface area contributed by atoms with Crippen LogP contribution in [0.5, 0.6) is 0 Å². The van der Waals surface area contributed by atoms with Crippen molar-refractivity contribution in [3.05, 3.63) is 61.2 Å². The van der Waals surface area contributed by atoms with Crippen molar-refractivity contribution in [3.63, 3.8) is 0 Å². The van der Waals surface area contributed by atoms with Crippen molar-refractivity contribution in [1.29, 1.82) is 0 Å². The van der Waals surface area contributed by atoms with Crippen LogP contribution < -0.4 is 0 Å². The molecule has 1 amide bonds. The zero-order valence-corrected chi connectivity index (χ0v) is 13.1. The molecule has 1 heterocycles. The third-order valence-electron chi connectivity index (χ3n) is 5.03. The van der Waals surface area contributed by atoms with E-state index >= 15 is 0 Å². The molecule has 1 saturated carbocycles. The Kier molecular flexibility index (Phi) is 4.07. The number of carbonyl (C=O) groups is 2. The fraction of sp³-hybridized carbons (Fsp3) is 0.368. The van der Waals surface area contributed by atoms with Crippen molar-refractivity contribution in [2.45, 2.75) is 30.8 Å². The van der Waals surface area contributed by atoms with E-state index in [0.29, 0.717) is 6.42 Å². The molecule has 1 saturated heterocycles. The first-order valence-corrected chi connectivity index (χ1v) is 7.95. The first-order chi connectivity index (χ1) is 11.1. The maximum atomic E-state index is 12.7. The Morgan fingerprint density at radius 1 is 1.30 bits per heavy atom. The summed E-state index contributed by atoms with van der Waals surface area (Å²) in [4.78, 5) is 27.1. The van der Waals surface area contributed by atoms with Gasteiger partial charge in [-0.1, -0.05) is 43.0 Å². The average Bonchev–Trinajstić information content (AvgIpc) is 3.01. The van der Waals surface area contributed by atoms with Crippen LogP contribution in [0.2, 0.25) is 0 Å². The van der Waals surface area contributed by atoms with E-state index in [2.05, 4.69) is 13.2 Å². The third kappa shape index (κ3) is 2.29. The summed E-state index contributed by atoms with van der Waals surface area (Å²) in [7, 11) is 0. The van der Waals surface area contributed by atoms with Gasteiger partial charge in [0.1, 0.15) is 12.1 Å². The van der Waals surface area contributed by atoms with Crippen LogP contribution in [0.25, 0.3) is 0 Å². The molecule has 1 aliphatic carbocycles. The number of ether oxygens (including phenoxy) is 1. The Morgan fingerprint density at radius 3 is 2.70 bits per heavy atom. The highest BCUT2D eigenvalue weighted by Gasteiger charge is 2.59. The number of amides is 1. The number of nitrogens with zero attached hydrogens (tertiary/aromatic N) is 1. The Balaban J connectivity index is 2.12. The average molecular weight is 311 g/mol. The van der Waals surface area contributed by atoms with Gasteiger partial charge in [-0.25, -0.2) is 4.79 Å². The second kappa shape index (κ2) is 6.03. The van der Waals surface area contributed by atoms with Crippen molar-refractivity contribution in [1.82, 2.24) is 4.90 Å². The van der Waals surface area contributed by atoms with Gasteiger partial charge in [0.25, 0.3) is 0 Å². The summed E-state index contributed by atoms with van der Waals surface area (Å²) in [5.41, 5.74) is 0.00971. The van der Waals surface area contributed by atoms with Crippen molar-refractivity contribution in [3.8, 4) is 0 Å². The lowest BCUT2D eigenvalue weighted by Crippen LogP contribution is -2.64. The molecule has 1 aromatic carbocycles. The van der Waals surface area contributed by atoms with E-state index in [1.807, 2.05) is 30.3 Å². The number of benzene rings is 1. The summed E-state index contributed by atoms with van der Waals surface area (Å²) in [5.74, 6) is -0.642. The minimum absolute atomic E-state index is 0.0922. The summed E-state index contributed by atoms with van der Waals surface area (Å²) in [5, 5.41) is 0. The van der Waals surface area contributed by atoms with E-state index in [9.17, 15) is 9.59 Å². The van der Waals surface area contributed by atoms with E-state index in [4.69, 9.17) is 4.74 Å². The number of rotatable bonds is 3. The van der Waals surface area contributed by atoms with Crippen molar-refractivity contribution in [2.24, 2.45) is 5.92 Å². The van der Waals surface area contributed by atoms with Gasteiger partial charge in [0.15, 0.2) is 0 Å². The van der Waals surface area contributed by atoms with E-state index in [1.54, 1.807) is 11.0 Å². The zero-order chi connectivity index (χ0) is 16.4. The van der Waals surface area contributed by atoms with Crippen LogP contribution in [0.15, 0.2) is 55.6 Å². The zero-order valence-electron chi connectivity index (χ0n) is 13.1. The number of hydrogen-bond acceptors (Lipinski definition) is 3. The molecule has 1 spiro atoms. The number of hydrogen-bond donors (Lipinski definition) is 0. The molecule has 120 valence electrons. The SMILES string of the molecule is C=CC(=O)N1[C@H](c2ccccc2)COC(=O)[C@]12CCC[C@H]2C=C. The highest BCUT2D eigenvalue weighted by atomic mass is 16.5. The maximum absolute atomic E-state index is 12.7. The van der Waals surface area contributed by atoms with Crippen LogP contribution in [-0.4, -0.2) is 28.9 Å². The molecule has 0 N–H and O–H groups in total. The first-order valence-electron chi connectivity index (χ1n) is 7.95. The van der Waals surface area contributed by atoms with Gasteiger partial charge in [0, 0.05) is 5.92 Å². The number of cyclic esters (lactones) is 1. The van der Waals surface area contributed by atoms with Crippen LogP contribution in [-0.2, 0) is 14.3 Å². The molecule has 4 heteroatoms. The fourth-order valence-electron chi connectivity index (χ4n) is 3.98. The number of esters is 1. The molecular weight excluding hydrogens is 290 g/mol. The Hall–Kier alpha value is -2.36. The van der Waals surface area contributed by atoms with Gasteiger partial charge in [-0.3, -0.25) is 4.79 Å². The van der Waals surface area contributed by atoms with Gasteiger partial charge in [-0.2, -0.15) is 0 Å². The van der Waals surface area contributed by atoms with Crippen LogP contribution in [0.3, 0.4) is 0 Å². The lowest BCUT2D eigenvalue weighted by atomic mass is 9.81. The topological polar surface area (TPSA) is 46.6 Å². The lowest BCUT2D eigenvalue weighted by molar-refractivity contribution is -0.183. The molecular formula is C19H21NO3. The van der Waals surface area contributed by atoms with Crippen LogP contribution in [0, 0.1) is 5.92 Å². The Labute approximate surface area is 136 Å². The molecule has 0 unspecified atom stereocenters. The minimum Gasteiger partial charge on any atom is -0.461 e. The molecule has 23 heavy (non-hydrogen) atoms. The monoisotopic (exact) mass is 311 g/mol. The van der Waals surface area contributed by atoms with Gasteiger partial charge in [-0.05, 0) is 30.9 Å². The van der Waals surface area contributed by atoms with Gasteiger partial charge in [0.05, 0.1) is 6.04 Å². The summed E-state index contributed by atoms with van der Waals surface area (Å²) in [6, 6.07) is 9.40. The van der Waals surface area contributed by atoms with Crippen molar-refractivity contribution in [2.75, 3.05) is 6.61 Å². The molecule has 3 atom stereocenters. The third-order valence-corrected chi connectivity index (χ3v) is 5.03. The molecule has 1 aromatic rings.